The summed E-state index contributed by atoms with van der Waals surface area (Å²) in [5, 5.41) is 10.2. The van der Waals surface area contributed by atoms with Gasteiger partial charge in [0.2, 0.25) is 11.9 Å². The van der Waals surface area contributed by atoms with Gasteiger partial charge >= 0.3 is 0 Å². The van der Waals surface area contributed by atoms with Gasteiger partial charge in [-0.15, -0.1) is 5.10 Å². The highest BCUT2D eigenvalue weighted by atomic mass is 19.1. The summed E-state index contributed by atoms with van der Waals surface area (Å²) in [5.41, 5.74) is 3.56. The fourth-order valence-electron chi connectivity index (χ4n) is 4.88. The van der Waals surface area contributed by atoms with Crippen LogP contribution in [0.3, 0.4) is 0 Å². The summed E-state index contributed by atoms with van der Waals surface area (Å²) < 4.78 is 40.5. The molecule has 0 saturated carbocycles. The number of amides is 2. The second-order valence-corrected chi connectivity index (χ2v) is 10.1. The number of fused-ring (bicyclic) bond motifs is 1. The molecule has 5 aromatic rings. The van der Waals surface area contributed by atoms with Crippen molar-refractivity contribution in [3.8, 4) is 16.9 Å². The molecule has 2 aromatic heterocycles. The number of aromatic nitrogens is 3. The molecule has 44 heavy (non-hydrogen) atoms. The lowest BCUT2D eigenvalue weighted by Crippen LogP contribution is -2.40. The van der Waals surface area contributed by atoms with Crippen LogP contribution in [-0.4, -0.2) is 64.7 Å². The standard InChI is InChI=1S/C32H28F2N6O4/c1-43-28-18-22(31(42)39-12-14-44-15-13-39)5-10-27(28)36-32-37-29-11-6-23(19-40(29)38-32)21-4-9-26(25(34)17-21)35-30(41)16-20-2-7-24(33)8-3-20/h2-11,17-19H,12-16H2,1H3,(H,35,41)(H,36,38). The Morgan fingerprint density at radius 2 is 1.68 bits per heavy atom. The van der Waals surface area contributed by atoms with Crippen LogP contribution in [0.2, 0.25) is 0 Å². The van der Waals surface area contributed by atoms with Crippen LogP contribution in [0.1, 0.15) is 15.9 Å². The maximum Gasteiger partial charge on any atom is 0.254 e. The number of carbonyl (C=O) groups is 2. The molecular weight excluding hydrogens is 570 g/mol. The fourth-order valence-corrected chi connectivity index (χ4v) is 4.88. The molecular formula is C32H28F2N6O4. The summed E-state index contributed by atoms with van der Waals surface area (Å²) in [6.45, 7) is 2.12. The molecule has 12 heteroatoms. The van der Waals surface area contributed by atoms with Crippen LogP contribution in [0, 0.1) is 11.6 Å². The van der Waals surface area contributed by atoms with Gasteiger partial charge in [-0.1, -0.05) is 18.2 Å². The minimum atomic E-state index is -0.598. The normalized spacial score (nSPS) is 13.1. The number of carbonyl (C=O) groups excluding carboxylic acids is 2. The van der Waals surface area contributed by atoms with E-state index >= 15 is 0 Å². The number of nitrogens with one attached hydrogen (secondary N) is 2. The van der Waals surface area contributed by atoms with Crippen molar-refractivity contribution in [2.45, 2.75) is 6.42 Å². The van der Waals surface area contributed by atoms with E-state index in [0.29, 0.717) is 71.6 Å². The topological polar surface area (TPSA) is 110 Å². The Balaban J connectivity index is 1.15. The molecule has 3 aromatic carbocycles. The first-order valence-electron chi connectivity index (χ1n) is 13.9. The van der Waals surface area contributed by atoms with E-state index < -0.39 is 17.5 Å². The summed E-state index contributed by atoms with van der Waals surface area (Å²) in [5.74, 6) is -0.729. The fraction of sp³-hybridized carbons (Fsp3) is 0.188. The predicted octanol–water partition coefficient (Wildman–Crippen LogP) is 5.08. The van der Waals surface area contributed by atoms with Gasteiger partial charge in [-0.05, 0) is 65.7 Å². The zero-order chi connectivity index (χ0) is 30.6. The van der Waals surface area contributed by atoms with Crippen molar-refractivity contribution in [2.24, 2.45) is 0 Å². The number of hydrogen-bond donors (Lipinski definition) is 2. The van der Waals surface area contributed by atoms with Crippen LogP contribution >= 0.6 is 0 Å². The van der Waals surface area contributed by atoms with Gasteiger partial charge < -0.3 is 25.0 Å². The molecule has 0 aliphatic carbocycles. The number of hydrogen-bond acceptors (Lipinski definition) is 7. The van der Waals surface area contributed by atoms with E-state index in [1.54, 1.807) is 52.0 Å². The number of halogens is 2. The third-order valence-corrected chi connectivity index (χ3v) is 7.18. The Bertz CT molecular complexity index is 1840. The predicted molar refractivity (Wildman–Crippen MR) is 160 cm³/mol. The van der Waals surface area contributed by atoms with E-state index in [-0.39, 0.29) is 18.0 Å². The van der Waals surface area contributed by atoms with Crippen molar-refractivity contribution in [3.63, 3.8) is 0 Å². The second-order valence-electron chi connectivity index (χ2n) is 10.1. The van der Waals surface area contributed by atoms with Crippen molar-refractivity contribution >= 4 is 34.8 Å². The van der Waals surface area contributed by atoms with Gasteiger partial charge in [0.25, 0.3) is 5.91 Å². The summed E-state index contributed by atoms with van der Waals surface area (Å²) in [6.07, 6.45) is 1.71. The van der Waals surface area contributed by atoms with Crippen molar-refractivity contribution in [1.29, 1.82) is 0 Å². The molecule has 0 bridgehead atoms. The molecule has 1 aliphatic rings. The first-order valence-corrected chi connectivity index (χ1v) is 13.9. The van der Waals surface area contributed by atoms with Crippen LogP contribution < -0.4 is 15.4 Å². The molecule has 1 aliphatic heterocycles. The van der Waals surface area contributed by atoms with E-state index in [2.05, 4.69) is 20.7 Å². The summed E-state index contributed by atoms with van der Waals surface area (Å²) in [6, 6.07) is 18.8. The monoisotopic (exact) mass is 598 g/mol. The van der Waals surface area contributed by atoms with Crippen LogP contribution in [0.25, 0.3) is 16.8 Å². The van der Waals surface area contributed by atoms with Gasteiger partial charge in [0, 0.05) is 30.4 Å². The maximum absolute atomic E-state index is 15.0. The number of nitrogens with zero attached hydrogens (tertiary/aromatic N) is 4. The van der Waals surface area contributed by atoms with Gasteiger partial charge in [-0.3, -0.25) is 9.59 Å². The molecule has 2 amide bonds. The molecule has 1 fully saturated rings. The second kappa shape index (κ2) is 12.5. The third-order valence-electron chi connectivity index (χ3n) is 7.18. The Morgan fingerprint density at radius 1 is 0.932 bits per heavy atom. The zero-order valence-corrected chi connectivity index (χ0v) is 23.7. The number of morpholine rings is 1. The number of benzene rings is 3. The van der Waals surface area contributed by atoms with Gasteiger partial charge in [0.15, 0.2) is 5.65 Å². The molecule has 0 radical (unpaired) electrons. The highest BCUT2D eigenvalue weighted by Gasteiger charge is 2.20. The van der Waals surface area contributed by atoms with Gasteiger partial charge in [0.1, 0.15) is 17.4 Å². The van der Waals surface area contributed by atoms with Crippen LogP contribution in [0.4, 0.5) is 26.1 Å². The number of methoxy groups -OCH3 is 1. The number of ether oxygens (including phenoxy) is 2. The Hall–Kier alpha value is -5.36. The Morgan fingerprint density at radius 3 is 2.43 bits per heavy atom. The summed E-state index contributed by atoms with van der Waals surface area (Å²) in [4.78, 5) is 31.5. The molecule has 3 heterocycles. The summed E-state index contributed by atoms with van der Waals surface area (Å²) in [7, 11) is 1.52. The molecule has 0 atom stereocenters. The van der Waals surface area contributed by atoms with Crippen LogP contribution in [0.5, 0.6) is 5.75 Å². The molecule has 0 spiro atoms. The average Bonchev–Trinajstić information content (AvgIpc) is 3.45. The minimum Gasteiger partial charge on any atom is -0.495 e. The first-order chi connectivity index (χ1) is 21.4. The van der Waals surface area contributed by atoms with Crippen LogP contribution in [-0.2, 0) is 16.0 Å². The highest BCUT2D eigenvalue weighted by Crippen LogP contribution is 2.29. The largest absolute Gasteiger partial charge is 0.495 e. The van der Waals surface area contributed by atoms with Gasteiger partial charge in [-0.25, -0.2) is 13.3 Å². The Kier molecular flexibility index (Phi) is 8.15. The van der Waals surface area contributed by atoms with E-state index in [1.807, 2.05) is 0 Å². The van der Waals surface area contributed by atoms with Crippen molar-refractivity contribution in [2.75, 3.05) is 44.0 Å². The van der Waals surface area contributed by atoms with Gasteiger partial charge in [0.05, 0.1) is 38.1 Å². The molecule has 0 unspecified atom stereocenters. The average molecular weight is 599 g/mol. The smallest absolute Gasteiger partial charge is 0.254 e. The van der Waals surface area contributed by atoms with E-state index in [0.717, 1.165) is 0 Å². The lowest BCUT2D eigenvalue weighted by Gasteiger charge is -2.27. The van der Waals surface area contributed by atoms with Gasteiger partial charge in [-0.2, -0.15) is 4.98 Å². The maximum atomic E-state index is 15.0. The number of pyridine rings is 1. The van der Waals surface area contributed by atoms with E-state index in [9.17, 15) is 18.4 Å². The van der Waals surface area contributed by atoms with E-state index in [4.69, 9.17) is 9.47 Å². The Labute approximate surface area is 251 Å². The van der Waals surface area contributed by atoms with Crippen LogP contribution in [0.15, 0.2) is 79.0 Å². The lowest BCUT2D eigenvalue weighted by molar-refractivity contribution is -0.115. The highest BCUT2D eigenvalue weighted by molar-refractivity contribution is 5.95. The zero-order valence-electron chi connectivity index (χ0n) is 23.7. The molecule has 224 valence electrons. The lowest BCUT2D eigenvalue weighted by atomic mass is 10.1. The quantitative estimate of drug-likeness (QED) is 0.256. The molecule has 1 saturated heterocycles. The summed E-state index contributed by atoms with van der Waals surface area (Å²) >= 11 is 0. The number of anilines is 3. The van der Waals surface area contributed by atoms with Crippen molar-refractivity contribution in [1.82, 2.24) is 19.5 Å². The molecule has 6 rings (SSSR count). The first kappa shape index (κ1) is 28.7. The van der Waals surface area contributed by atoms with E-state index in [1.165, 1.54) is 43.5 Å². The molecule has 2 N–H and O–H groups in total. The third kappa shape index (κ3) is 6.35. The molecule has 10 nitrogen and oxygen atoms in total. The minimum absolute atomic E-state index is 0.0105. The SMILES string of the molecule is COc1cc(C(=O)N2CCOCC2)ccc1Nc1nc2ccc(-c3ccc(NC(=O)Cc4ccc(F)cc4)c(F)c3)cn2n1. The van der Waals surface area contributed by atoms with Crippen molar-refractivity contribution < 1.29 is 27.8 Å². The number of rotatable bonds is 8. The van der Waals surface area contributed by atoms with Crippen molar-refractivity contribution in [3.05, 3.63) is 102 Å².